The lowest BCUT2D eigenvalue weighted by Crippen LogP contribution is -2.44. The molecule has 0 aliphatic heterocycles. The lowest BCUT2D eigenvalue weighted by Gasteiger charge is -2.22. The van der Waals surface area contributed by atoms with E-state index in [2.05, 4.69) is 10.6 Å². The maximum absolute atomic E-state index is 11.7. The molecule has 1 aromatic carbocycles. The van der Waals surface area contributed by atoms with E-state index in [4.69, 9.17) is 9.47 Å². The average Bonchev–Trinajstić information content (AvgIpc) is 2.60. The molecule has 0 fully saturated rings. The molecule has 0 radical (unpaired) electrons. The Labute approximate surface area is 164 Å². The highest BCUT2D eigenvalue weighted by molar-refractivity contribution is 5.79. The second-order valence-corrected chi connectivity index (χ2v) is 7.21. The van der Waals surface area contributed by atoms with Crippen molar-refractivity contribution in [3.63, 3.8) is 0 Å². The first-order valence-corrected chi connectivity index (χ1v) is 8.92. The van der Waals surface area contributed by atoms with E-state index < -0.39 is 35.9 Å². The standard InChI is InChI=1S/C19H28N2O7/c1-19(2,3)28-18(26)21-15(16(23)24)10-9-14(22)11-20-17(25)27-12-13-7-5-4-6-8-13/h4-8,14-15,22H,9-12H2,1-3H3,(H,20,25)(H,21,26)(H,23,24). The summed E-state index contributed by atoms with van der Waals surface area (Å²) in [5.74, 6) is -1.24. The second kappa shape index (κ2) is 11.1. The predicted octanol–water partition coefficient (Wildman–Crippen LogP) is 2.03. The first-order valence-electron chi connectivity index (χ1n) is 8.92. The molecule has 28 heavy (non-hydrogen) atoms. The summed E-state index contributed by atoms with van der Waals surface area (Å²) in [6.07, 6.45) is -2.52. The van der Waals surface area contributed by atoms with Gasteiger partial charge >= 0.3 is 18.2 Å². The van der Waals surface area contributed by atoms with Gasteiger partial charge in [-0.15, -0.1) is 0 Å². The van der Waals surface area contributed by atoms with Gasteiger partial charge in [-0.1, -0.05) is 30.3 Å². The fraction of sp³-hybridized carbons (Fsp3) is 0.526. The highest BCUT2D eigenvalue weighted by Crippen LogP contribution is 2.08. The Morgan fingerprint density at radius 3 is 2.29 bits per heavy atom. The second-order valence-electron chi connectivity index (χ2n) is 7.21. The Hall–Kier alpha value is -2.81. The highest BCUT2D eigenvalue weighted by atomic mass is 16.6. The summed E-state index contributed by atoms with van der Waals surface area (Å²) in [4.78, 5) is 34.6. The summed E-state index contributed by atoms with van der Waals surface area (Å²) < 4.78 is 10.0. The maximum atomic E-state index is 11.7. The number of benzene rings is 1. The Balaban J connectivity index is 2.32. The number of amides is 2. The van der Waals surface area contributed by atoms with Crippen LogP contribution in [0.2, 0.25) is 0 Å². The number of alkyl carbamates (subject to hydrolysis) is 2. The fourth-order valence-electron chi connectivity index (χ4n) is 2.14. The largest absolute Gasteiger partial charge is 0.480 e. The van der Waals surface area contributed by atoms with Crippen molar-refractivity contribution < 1.29 is 34.1 Å². The van der Waals surface area contributed by atoms with Crippen molar-refractivity contribution in [3.8, 4) is 0 Å². The summed E-state index contributed by atoms with van der Waals surface area (Å²) in [6, 6.07) is 7.91. The SMILES string of the molecule is CC(C)(C)OC(=O)NC(CCC(O)CNC(=O)OCc1ccccc1)C(=O)O. The number of aliphatic hydroxyl groups excluding tert-OH is 1. The van der Waals surface area contributed by atoms with Crippen LogP contribution in [0, 0.1) is 0 Å². The Morgan fingerprint density at radius 1 is 1.07 bits per heavy atom. The van der Waals surface area contributed by atoms with Crippen molar-refractivity contribution in [2.75, 3.05) is 6.54 Å². The Kier molecular flexibility index (Phi) is 9.23. The Bertz CT molecular complexity index is 643. The number of aliphatic hydroxyl groups is 1. The van der Waals surface area contributed by atoms with Crippen LogP contribution in [0.1, 0.15) is 39.2 Å². The number of hydrogen-bond acceptors (Lipinski definition) is 6. The molecule has 4 N–H and O–H groups in total. The van der Waals surface area contributed by atoms with E-state index in [0.29, 0.717) is 0 Å². The van der Waals surface area contributed by atoms with Gasteiger partial charge in [0.25, 0.3) is 0 Å². The quantitative estimate of drug-likeness (QED) is 0.502. The van der Waals surface area contributed by atoms with Crippen LogP contribution in [-0.4, -0.2) is 52.7 Å². The van der Waals surface area contributed by atoms with Gasteiger partial charge in [0, 0.05) is 6.54 Å². The summed E-state index contributed by atoms with van der Waals surface area (Å²) in [5.41, 5.74) is 0.0761. The van der Waals surface area contributed by atoms with E-state index in [-0.39, 0.29) is 26.0 Å². The molecule has 0 heterocycles. The molecule has 0 saturated heterocycles. The van der Waals surface area contributed by atoms with Crippen LogP contribution in [0.3, 0.4) is 0 Å². The van der Waals surface area contributed by atoms with Crippen LogP contribution in [0.5, 0.6) is 0 Å². The number of carbonyl (C=O) groups is 3. The van der Waals surface area contributed by atoms with Crippen LogP contribution in [-0.2, 0) is 20.9 Å². The zero-order valence-electron chi connectivity index (χ0n) is 16.3. The van der Waals surface area contributed by atoms with Gasteiger partial charge in [0.15, 0.2) is 0 Å². The Morgan fingerprint density at radius 2 is 1.71 bits per heavy atom. The van der Waals surface area contributed by atoms with Gasteiger partial charge in [-0.05, 0) is 39.2 Å². The van der Waals surface area contributed by atoms with E-state index in [9.17, 15) is 24.6 Å². The number of hydrogen-bond donors (Lipinski definition) is 4. The van der Waals surface area contributed by atoms with Crippen molar-refractivity contribution in [2.45, 2.75) is 58.0 Å². The van der Waals surface area contributed by atoms with E-state index in [1.807, 2.05) is 30.3 Å². The minimum atomic E-state index is -1.24. The smallest absolute Gasteiger partial charge is 0.408 e. The third-order valence-electron chi connectivity index (χ3n) is 3.47. The van der Waals surface area contributed by atoms with Crippen molar-refractivity contribution in [3.05, 3.63) is 35.9 Å². The molecule has 0 aliphatic rings. The van der Waals surface area contributed by atoms with E-state index in [0.717, 1.165) is 5.56 Å². The maximum Gasteiger partial charge on any atom is 0.408 e. The number of carboxylic acid groups (broad SMARTS) is 1. The van der Waals surface area contributed by atoms with Gasteiger partial charge in [-0.2, -0.15) is 0 Å². The monoisotopic (exact) mass is 396 g/mol. The molecule has 9 nitrogen and oxygen atoms in total. The summed E-state index contributed by atoms with van der Waals surface area (Å²) >= 11 is 0. The lowest BCUT2D eigenvalue weighted by molar-refractivity contribution is -0.139. The molecule has 0 aromatic heterocycles. The van der Waals surface area contributed by atoms with Gasteiger partial charge in [-0.3, -0.25) is 0 Å². The molecule has 2 amide bonds. The van der Waals surface area contributed by atoms with E-state index in [1.54, 1.807) is 20.8 Å². The number of rotatable bonds is 9. The molecule has 2 unspecified atom stereocenters. The molecular formula is C19H28N2O7. The molecule has 2 atom stereocenters. The number of carbonyl (C=O) groups excluding carboxylic acids is 2. The number of carboxylic acids is 1. The molecule has 1 rings (SSSR count). The van der Waals surface area contributed by atoms with Crippen molar-refractivity contribution in [1.82, 2.24) is 10.6 Å². The van der Waals surface area contributed by atoms with Crippen molar-refractivity contribution in [2.24, 2.45) is 0 Å². The molecule has 1 aromatic rings. The van der Waals surface area contributed by atoms with Crippen molar-refractivity contribution in [1.29, 1.82) is 0 Å². The van der Waals surface area contributed by atoms with Crippen molar-refractivity contribution >= 4 is 18.2 Å². The molecule has 156 valence electrons. The van der Waals surface area contributed by atoms with Gasteiger partial charge in [0.05, 0.1) is 6.10 Å². The molecule has 0 aliphatic carbocycles. The van der Waals surface area contributed by atoms with Crippen LogP contribution < -0.4 is 10.6 Å². The average molecular weight is 396 g/mol. The van der Waals surface area contributed by atoms with Gasteiger partial charge in [0.1, 0.15) is 18.2 Å². The highest BCUT2D eigenvalue weighted by Gasteiger charge is 2.24. The minimum Gasteiger partial charge on any atom is -0.480 e. The minimum absolute atomic E-state index is 0.0313. The molecule has 0 spiro atoms. The number of ether oxygens (including phenoxy) is 2. The van der Waals surface area contributed by atoms with Gasteiger partial charge in [-0.25, -0.2) is 14.4 Å². The summed E-state index contributed by atoms with van der Waals surface area (Å²) in [7, 11) is 0. The third kappa shape index (κ3) is 10.4. The number of nitrogens with one attached hydrogen (secondary N) is 2. The topological polar surface area (TPSA) is 134 Å². The summed E-state index contributed by atoms with van der Waals surface area (Å²) in [6.45, 7) is 4.98. The third-order valence-corrected chi connectivity index (χ3v) is 3.47. The van der Waals surface area contributed by atoms with Crippen LogP contribution in [0.25, 0.3) is 0 Å². The first kappa shape index (κ1) is 23.2. The van der Waals surface area contributed by atoms with E-state index in [1.165, 1.54) is 0 Å². The molecule has 0 saturated carbocycles. The summed E-state index contributed by atoms with van der Waals surface area (Å²) in [5, 5.41) is 23.8. The van der Waals surface area contributed by atoms with Gasteiger partial charge in [0.2, 0.25) is 0 Å². The van der Waals surface area contributed by atoms with Gasteiger partial charge < -0.3 is 30.3 Å². The van der Waals surface area contributed by atoms with Crippen LogP contribution in [0.4, 0.5) is 9.59 Å². The lowest BCUT2D eigenvalue weighted by atomic mass is 10.1. The van der Waals surface area contributed by atoms with Crippen LogP contribution in [0.15, 0.2) is 30.3 Å². The first-order chi connectivity index (χ1) is 13.1. The molecule has 0 bridgehead atoms. The van der Waals surface area contributed by atoms with E-state index >= 15 is 0 Å². The normalized spacial score (nSPS) is 13.1. The number of aliphatic carboxylic acids is 1. The van der Waals surface area contributed by atoms with Crippen LogP contribution >= 0.6 is 0 Å². The zero-order valence-corrected chi connectivity index (χ0v) is 16.3. The molecule has 9 heteroatoms. The molecular weight excluding hydrogens is 368 g/mol. The zero-order chi connectivity index (χ0) is 21.2. The predicted molar refractivity (Wildman–Crippen MR) is 101 cm³/mol. The fourth-order valence-corrected chi connectivity index (χ4v) is 2.14.